The van der Waals surface area contributed by atoms with E-state index in [1.165, 1.54) is 4.68 Å². The second kappa shape index (κ2) is 7.02. The molecule has 2 aliphatic heterocycles. The van der Waals surface area contributed by atoms with E-state index in [0.717, 1.165) is 54.6 Å². The minimum atomic E-state index is -0.396. The van der Waals surface area contributed by atoms with Crippen LogP contribution in [-0.2, 0) is 17.8 Å². The Hall–Kier alpha value is -1.89. The Morgan fingerprint density at radius 3 is 2.92 bits per heavy atom. The smallest absolute Gasteiger partial charge is 0.341 e. The van der Waals surface area contributed by atoms with Gasteiger partial charge in [0.2, 0.25) is 5.91 Å². The third-order valence-electron chi connectivity index (χ3n) is 5.37. The first kappa shape index (κ1) is 17.5. The Bertz CT molecular complexity index is 888. The Morgan fingerprint density at radius 2 is 2.19 bits per heavy atom. The molecule has 4 rings (SSSR count). The first-order valence-corrected chi connectivity index (χ1v) is 10.0. The lowest BCUT2D eigenvalue weighted by molar-refractivity contribution is -0.134. The Morgan fingerprint density at radius 1 is 1.35 bits per heavy atom. The lowest BCUT2D eigenvalue weighted by atomic mass is 10.0. The van der Waals surface area contributed by atoms with Gasteiger partial charge in [-0.25, -0.2) is 9.48 Å². The summed E-state index contributed by atoms with van der Waals surface area (Å²) in [6, 6.07) is 7.47. The van der Waals surface area contributed by atoms with E-state index in [1.54, 1.807) is 4.57 Å². The molecule has 2 aromatic rings. The standard InChI is InChI=1S/C19H23BrN4O2/c1-13-8-9-22(11-13)18(25)16-6-3-7-17-21-23(19(26)24(16)17)12-14-4-2-5-15(20)10-14/h2,4-5,10,13,16H,3,6-9,11-12H2,1H3/t13-,16-/m0/s1. The molecule has 7 heteroatoms. The van der Waals surface area contributed by atoms with Gasteiger partial charge in [-0.2, -0.15) is 5.10 Å². The largest absolute Gasteiger partial charge is 0.346 e. The number of carbonyl (C=O) groups excluding carboxylic acids is 1. The van der Waals surface area contributed by atoms with Crippen LogP contribution in [-0.4, -0.2) is 38.2 Å². The molecule has 3 heterocycles. The summed E-state index contributed by atoms with van der Waals surface area (Å²) in [4.78, 5) is 27.9. The van der Waals surface area contributed by atoms with Gasteiger partial charge in [0.15, 0.2) is 0 Å². The number of fused-ring (bicyclic) bond motifs is 1. The molecule has 26 heavy (non-hydrogen) atoms. The summed E-state index contributed by atoms with van der Waals surface area (Å²) >= 11 is 3.46. The summed E-state index contributed by atoms with van der Waals surface area (Å²) in [5, 5.41) is 4.53. The van der Waals surface area contributed by atoms with Gasteiger partial charge in [0.25, 0.3) is 0 Å². The molecule has 2 aliphatic rings. The molecule has 6 nitrogen and oxygen atoms in total. The molecule has 1 saturated heterocycles. The molecule has 0 aliphatic carbocycles. The van der Waals surface area contributed by atoms with Crippen molar-refractivity contribution in [2.75, 3.05) is 13.1 Å². The minimum absolute atomic E-state index is 0.0828. The maximum atomic E-state index is 13.0. The Labute approximate surface area is 160 Å². The number of carbonyl (C=O) groups is 1. The van der Waals surface area contributed by atoms with E-state index < -0.39 is 6.04 Å². The summed E-state index contributed by atoms with van der Waals surface area (Å²) in [6.45, 7) is 4.18. The van der Waals surface area contributed by atoms with E-state index in [1.807, 2.05) is 29.2 Å². The van der Waals surface area contributed by atoms with E-state index in [-0.39, 0.29) is 11.6 Å². The summed E-state index contributed by atoms with van der Waals surface area (Å²) < 4.78 is 4.12. The highest BCUT2D eigenvalue weighted by molar-refractivity contribution is 9.10. The fraction of sp³-hybridized carbons (Fsp3) is 0.526. The van der Waals surface area contributed by atoms with Crippen LogP contribution < -0.4 is 5.69 Å². The van der Waals surface area contributed by atoms with E-state index in [9.17, 15) is 9.59 Å². The number of likely N-dealkylation sites (tertiary alicyclic amines) is 1. The highest BCUT2D eigenvalue weighted by Crippen LogP contribution is 2.27. The van der Waals surface area contributed by atoms with Crippen LogP contribution in [0.25, 0.3) is 0 Å². The second-order valence-corrected chi connectivity index (χ2v) is 8.36. The summed E-state index contributed by atoms with van der Waals surface area (Å²) in [6.07, 6.45) is 3.41. The Balaban J connectivity index is 1.63. The molecule has 1 aromatic carbocycles. The SMILES string of the molecule is C[C@H]1CCN(C(=O)[C@@H]2CCCc3nn(Cc4cccc(Br)c4)c(=O)n32)C1. The van der Waals surface area contributed by atoms with Crippen LogP contribution in [0, 0.1) is 5.92 Å². The van der Waals surface area contributed by atoms with Crippen LogP contribution in [0.3, 0.4) is 0 Å². The third-order valence-corrected chi connectivity index (χ3v) is 5.87. The first-order chi connectivity index (χ1) is 12.5. The van der Waals surface area contributed by atoms with Crippen molar-refractivity contribution in [3.05, 3.63) is 50.6 Å². The van der Waals surface area contributed by atoms with Crippen LogP contribution in [0.4, 0.5) is 0 Å². The van der Waals surface area contributed by atoms with Crippen LogP contribution in [0.1, 0.15) is 43.6 Å². The highest BCUT2D eigenvalue weighted by atomic mass is 79.9. The molecule has 138 valence electrons. The van der Waals surface area contributed by atoms with Crippen molar-refractivity contribution in [2.24, 2.45) is 5.92 Å². The number of rotatable bonds is 3. The quantitative estimate of drug-likeness (QED) is 0.769. The molecule has 1 fully saturated rings. The first-order valence-electron chi connectivity index (χ1n) is 9.24. The maximum absolute atomic E-state index is 13.0. The van der Waals surface area contributed by atoms with Gasteiger partial charge >= 0.3 is 5.69 Å². The van der Waals surface area contributed by atoms with Gasteiger partial charge in [-0.15, -0.1) is 0 Å². The van der Waals surface area contributed by atoms with Crippen molar-refractivity contribution in [1.82, 2.24) is 19.2 Å². The molecular formula is C19H23BrN4O2. The fourth-order valence-corrected chi connectivity index (χ4v) is 4.47. The zero-order valence-electron chi connectivity index (χ0n) is 14.9. The number of benzene rings is 1. The van der Waals surface area contributed by atoms with Crippen molar-refractivity contribution < 1.29 is 4.79 Å². The minimum Gasteiger partial charge on any atom is -0.341 e. The van der Waals surface area contributed by atoms with Gasteiger partial charge < -0.3 is 4.90 Å². The second-order valence-electron chi connectivity index (χ2n) is 7.44. The number of hydrogen-bond donors (Lipinski definition) is 0. The van der Waals surface area contributed by atoms with Crippen molar-refractivity contribution in [1.29, 1.82) is 0 Å². The number of nitrogens with zero attached hydrogens (tertiary/aromatic N) is 4. The van der Waals surface area contributed by atoms with Gasteiger partial charge in [-0.1, -0.05) is 35.0 Å². The lowest BCUT2D eigenvalue weighted by Gasteiger charge is -2.27. The average molecular weight is 419 g/mol. The average Bonchev–Trinajstić information content (AvgIpc) is 3.18. The van der Waals surface area contributed by atoms with Crippen molar-refractivity contribution in [3.63, 3.8) is 0 Å². The van der Waals surface area contributed by atoms with E-state index in [4.69, 9.17) is 0 Å². The van der Waals surface area contributed by atoms with E-state index >= 15 is 0 Å². The number of hydrogen-bond acceptors (Lipinski definition) is 3. The molecule has 0 unspecified atom stereocenters. The zero-order chi connectivity index (χ0) is 18.3. The van der Waals surface area contributed by atoms with E-state index in [2.05, 4.69) is 28.0 Å². The van der Waals surface area contributed by atoms with Gasteiger partial charge in [0, 0.05) is 24.0 Å². The molecule has 2 atom stereocenters. The van der Waals surface area contributed by atoms with Crippen LogP contribution >= 0.6 is 15.9 Å². The Kier molecular flexibility index (Phi) is 4.73. The summed E-state index contributed by atoms with van der Waals surface area (Å²) in [5.74, 6) is 1.36. The predicted octanol–water partition coefficient (Wildman–Crippen LogP) is 2.60. The molecule has 0 N–H and O–H groups in total. The fourth-order valence-electron chi connectivity index (χ4n) is 4.02. The molecular weight excluding hydrogens is 396 g/mol. The third kappa shape index (κ3) is 3.24. The lowest BCUT2D eigenvalue weighted by Crippen LogP contribution is -2.41. The number of aromatic nitrogens is 3. The normalized spacial score (nSPS) is 22.5. The van der Waals surface area contributed by atoms with Gasteiger partial charge in [0.05, 0.1) is 6.54 Å². The van der Waals surface area contributed by atoms with Gasteiger partial charge in [0.1, 0.15) is 11.9 Å². The molecule has 1 amide bonds. The predicted molar refractivity (Wildman–Crippen MR) is 102 cm³/mol. The molecule has 0 saturated carbocycles. The van der Waals surface area contributed by atoms with Gasteiger partial charge in [-0.3, -0.25) is 9.36 Å². The monoisotopic (exact) mass is 418 g/mol. The number of halogens is 1. The molecule has 0 bridgehead atoms. The maximum Gasteiger partial charge on any atom is 0.346 e. The van der Waals surface area contributed by atoms with Crippen molar-refractivity contribution in [2.45, 2.75) is 45.2 Å². The number of amides is 1. The number of aryl methyl sites for hydroxylation is 1. The molecule has 1 aromatic heterocycles. The van der Waals surface area contributed by atoms with Crippen LogP contribution in [0.5, 0.6) is 0 Å². The van der Waals surface area contributed by atoms with Gasteiger partial charge in [-0.05, 0) is 42.9 Å². The highest BCUT2D eigenvalue weighted by Gasteiger charge is 2.35. The van der Waals surface area contributed by atoms with Crippen LogP contribution in [0.15, 0.2) is 33.5 Å². The van der Waals surface area contributed by atoms with Crippen LogP contribution in [0.2, 0.25) is 0 Å². The van der Waals surface area contributed by atoms with Crippen molar-refractivity contribution in [3.8, 4) is 0 Å². The molecule has 0 radical (unpaired) electrons. The summed E-state index contributed by atoms with van der Waals surface area (Å²) in [5.41, 5.74) is 0.832. The zero-order valence-corrected chi connectivity index (χ0v) is 16.5. The van der Waals surface area contributed by atoms with E-state index in [0.29, 0.717) is 12.5 Å². The topological polar surface area (TPSA) is 60.1 Å². The molecule has 0 spiro atoms. The summed E-state index contributed by atoms with van der Waals surface area (Å²) in [7, 11) is 0. The van der Waals surface area contributed by atoms with Crippen molar-refractivity contribution >= 4 is 21.8 Å².